The fraction of sp³-hybridized carbons (Fsp3) is 0.400. The van der Waals surface area contributed by atoms with Crippen molar-refractivity contribution in [2.24, 2.45) is 5.92 Å². The topological polar surface area (TPSA) is 92.8 Å². The molecule has 1 N–H and O–H groups in total. The lowest BCUT2D eigenvalue weighted by molar-refractivity contribution is -0.120. The smallest absolute Gasteiger partial charge is 0.341 e. The van der Waals surface area contributed by atoms with Crippen LogP contribution >= 0.6 is 11.3 Å². The average molecular weight is 473 g/mol. The van der Waals surface area contributed by atoms with Gasteiger partial charge in [0.05, 0.1) is 17.6 Å². The van der Waals surface area contributed by atoms with Crippen LogP contribution in [0.2, 0.25) is 0 Å². The maximum atomic E-state index is 13.5. The molecule has 31 heavy (non-hydrogen) atoms. The molecule has 1 fully saturated rings. The first-order valence-corrected chi connectivity index (χ1v) is 11.8. The van der Waals surface area contributed by atoms with E-state index in [4.69, 9.17) is 4.74 Å². The molecule has 0 saturated carbocycles. The quantitative estimate of drug-likeness (QED) is 0.673. The van der Waals surface area contributed by atoms with E-state index in [0.29, 0.717) is 16.6 Å². The van der Waals surface area contributed by atoms with Gasteiger partial charge in [-0.25, -0.2) is 22.0 Å². The van der Waals surface area contributed by atoms with E-state index < -0.39 is 33.5 Å². The number of thiophene rings is 1. The third-order valence-corrected chi connectivity index (χ3v) is 8.38. The molecule has 1 amide bonds. The number of nitrogens with one attached hydrogen (secondary N) is 1. The lowest BCUT2D eigenvalue weighted by atomic mass is 9.97. The summed E-state index contributed by atoms with van der Waals surface area (Å²) >= 11 is 1.28. The Bertz CT molecular complexity index is 1120. The number of benzene rings is 1. The number of esters is 1. The Labute approximate surface area is 183 Å². The number of anilines is 1. The molecule has 0 spiro atoms. The van der Waals surface area contributed by atoms with Crippen molar-refractivity contribution in [3.63, 3.8) is 0 Å². The number of rotatable bonds is 5. The highest BCUT2D eigenvalue weighted by molar-refractivity contribution is 7.89. The van der Waals surface area contributed by atoms with Gasteiger partial charge in [0.1, 0.15) is 5.00 Å². The number of ether oxygens (including phenoxy) is 1. The van der Waals surface area contributed by atoms with Crippen molar-refractivity contribution in [3.05, 3.63) is 45.8 Å². The highest BCUT2D eigenvalue weighted by Crippen LogP contribution is 2.34. The summed E-state index contributed by atoms with van der Waals surface area (Å²) in [7, 11) is -2.73. The van der Waals surface area contributed by atoms with Gasteiger partial charge in [-0.3, -0.25) is 4.79 Å². The molecule has 1 aliphatic rings. The Morgan fingerprint density at radius 3 is 2.39 bits per heavy atom. The number of hydrogen-bond acceptors (Lipinski definition) is 6. The number of carbonyl (C=O) groups is 2. The van der Waals surface area contributed by atoms with Crippen LogP contribution in [0.3, 0.4) is 0 Å². The molecule has 7 nitrogen and oxygen atoms in total. The van der Waals surface area contributed by atoms with Crippen LogP contribution < -0.4 is 5.32 Å². The first-order chi connectivity index (χ1) is 14.6. The Morgan fingerprint density at radius 2 is 1.81 bits per heavy atom. The third kappa shape index (κ3) is 4.63. The minimum Gasteiger partial charge on any atom is -0.465 e. The summed E-state index contributed by atoms with van der Waals surface area (Å²) in [6, 6.07) is 2.44. The monoisotopic (exact) mass is 472 g/mol. The van der Waals surface area contributed by atoms with Crippen LogP contribution in [-0.2, 0) is 19.6 Å². The van der Waals surface area contributed by atoms with E-state index in [2.05, 4.69) is 5.32 Å². The second kappa shape index (κ2) is 9.01. The number of piperidine rings is 1. The number of carbonyl (C=O) groups excluding carboxylic acids is 2. The third-order valence-electron chi connectivity index (χ3n) is 5.37. The zero-order valence-corrected chi connectivity index (χ0v) is 18.8. The fourth-order valence-corrected chi connectivity index (χ4v) is 5.96. The van der Waals surface area contributed by atoms with Crippen molar-refractivity contribution in [2.75, 3.05) is 25.5 Å². The van der Waals surface area contributed by atoms with Gasteiger partial charge < -0.3 is 10.1 Å². The molecule has 1 aromatic heterocycles. The van der Waals surface area contributed by atoms with Crippen LogP contribution in [0.4, 0.5) is 13.8 Å². The Hall–Kier alpha value is -2.37. The van der Waals surface area contributed by atoms with Crippen molar-refractivity contribution in [1.82, 2.24) is 4.31 Å². The minimum atomic E-state index is -4.00. The van der Waals surface area contributed by atoms with E-state index in [1.165, 1.54) is 18.4 Å². The van der Waals surface area contributed by atoms with Gasteiger partial charge in [-0.05, 0) is 50.5 Å². The summed E-state index contributed by atoms with van der Waals surface area (Å²) in [5.41, 5.74) is 1.05. The van der Waals surface area contributed by atoms with E-state index in [1.807, 2.05) is 6.92 Å². The maximum Gasteiger partial charge on any atom is 0.341 e. The second-order valence-electron chi connectivity index (χ2n) is 7.22. The molecule has 0 radical (unpaired) electrons. The number of nitrogens with zero attached hydrogens (tertiary/aromatic N) is 1. The molecule has 0 atom stereocenters. The van der Waals surface area contributed by atoms with E-state index in [9.17, 15) is 26.8 Å². The lowest BCUT2D eigenvalue weighted by Crippen LogP contribution is -2.41. The zero-order chi connectivity index (χ0) is 22.9. The number of halogens is 2. The Balaban J connectivity index is 1.69. The van der Waals surface area contributed by atoms with Gasteiger partial charge in [0.25, 0.3) is 0 Å². The summed E-state index contributed by atoms with van der Waals surface area (Å²) in [6.07, 6.45) is 0.511. The predicted molar refractivity (Wildman–Crippen MR) is 112 cm³/mol. The maximum absolute atomic E-state index is 13.5. The van der Waals surface area contributed by atoms with Crippen molar-refractivity contribution in [2.45, 2.75) is 31.6 Å². The lowest BCUT2D eigenvalue weighted by Gasteiger charge is -2.30. The molecule has 0 bridgehead atoms. The molecule has 2 heterocycles. The van der Waals surface area contributed by atoms with Gasteiger partial charge in [-0.2, -0.15) is 4.31 Å². The van der Waals surface area contributed by atoms with Crippen molar-refractivity contribution in [3.8, 4) is 0 Å². The van der Waals surface area contributed by atoms with Gasteiger partial charge in [-0.15, -0.1) is 11.3 Å². The summed E-state index contributed by atoms with van der Waals surface area (Å²) in [5, 5.41) is 3.18. The first kappa shape index (κ1) is 23.3. The van der Waals surface area contributed by atoms with E-state index in [0.717, 1.165) is 26.9 Å². The molecule has 3 rings (SSSR count). The van der Waals surface area contributed by atoms with Gasteiger partial charge in [0.15, 0.2) is 11.6 Å². The van der Waals surface area contributed by atoms with Crippen LogP contribution in [0.1, 0.15) is 33.6 Å². The number of methoxy groups -OCH3 is 1. The predicted octanol–water partition coefficient (Wildman–Crippen LogP) is 3.47. The Morgan fingerprint density at radius 1 is 1.16 bits per heavy atom. The molecule has 0 unspecified atom stereocenters. The molecular formula is C20H22F2N2O5S2. The van der Waals surface area contributed by atoms with Crippen LogP contribution in [0, 0.1) is 31.4 Å². The molecular weight excluding hydrogens is 450 g/mol. The highest BCUT2D eigenvalue weighted by Gasteiger charge is 2.33. The number of aryl methyl sites for hydroxylation is 1. The van der Waals surface area contributed by atoms with Crippen LogP contribution in [-0.4, -0.2) is 44.8 Å². The van der Waals surface area contributed by atoms with Gasteiger partial charge in [0.2, 0.25) is 15.9 Å². The molecule has 11 heteroatoms. The van der Waals surface area contributed by atoms with E-state index >= 15 is 0 Å². The average Bonchev–Trinajstić information content (AvgIpc) is 3.02. The SMILES string of the molecule is COC(=O)c1c(NC(=O)C2CCN(S(=O)(=O)c3ccc(F)c(F)c3)CC2)sc(C)c1C. The standard InChI is InChI=1S/C20H22F2N2O5S2/c1-11-12(2)30-19(17(11)20(26)29-3)23-18(25)13-6-8-24(9-7-13)31(27,28)14-4-5-15(21)16(22)10-14/h4-5,10,13H,6-9H2,1-3H3,(H,23,25). The minimum absolute atomic E-state index is 0.0613. The highest BCUT2D eigenvalue weighted by atomic mass is 32.2. The second-order valence-corrected chi connectivity index (χ2v) is 10.4. The summed E-state index contributed by atoms with van der Waals surface area (Å²) in [6.45, 7) is 3.73. The molecule has 1 aliphatic heterocycles. The normalized spacial score (nSPS) is 15.6. The van der Waals surface area contributed by atoms with Crippen LogP contribution in [0.25, 0.3) is 0 Å². The molecule has 168 valence electrons. The zero-order valence-electron chi connectivity index (χ0n) is 17.2. The number of sulfonamides is 1. The Kier molecular flexibility index (Phi) is 6.77. The van der Waals surface area contributed by atoms with Crippen LogP contribution in [0.15, 0.2) is 23.1 Å². The summed E-state index contributed by atoms with van der Waals surface area (Å²) < 4.78 is 57.9. The van der Waals surface area contributed by atoms with Crippen molar-refractivity contribution in [1.29, 1.82) is 0 Å². The summed E-state index contributed by atoms with van der Waals surface area (Å²) in [4.78, 5) is 25.4. The molecule has 2 aromatic rings. The molecule has 1 saturated heterocycles. The van der Waals surface area contributed by atoms with Gasteiger partial charge in [0, 0.05) is 23.9 Å². The molecule has 1 aromatic carbocycles. The first-order valence-electron chi connectivity index (χ1n) is 9.50. The molecule has 0 aliphatic carbocycles. The number of amides is 1. The van der Waals surface area contributed by atoms with Gasteiger partial charge >= 0.3 is 5.97 Å². The fourth-order valence-electron chi connectivity index (χ4n) is 3.42. The van der Waals surface area contributed by atoms with Crippen LogP contribution in [0.5, 0.6) is 0 Å². The summed E-state index contributed by atoms with van der Waals surface area (Å²) in [5.74, 6) is -3.66. The van der Waals surface area contributed by atoms with E-state index in [1.54, 1.807) is 6.92 Å². The number of hydrogen-bond donors (Lipinski definition) is 1. The largest absolute Gasteiger partial charge is 0.465 e. The van der Waals surface area contributed by atoms with Crippen molar-refractivity contribution < 1.29 is 31.5 Å². The van der Waals surface area contributed by atoms with Gasteiger partial charge in [-0.1, -0.05) is 0 Å². The van der Waals surface area contributed by atoms with Crippen molar-refractivity contribution >= 4 is 38.2 Å². The van der Waals surface area contributed by atoms with E-state index in [-0.39, 0.29) is 36.7 Å².